The van der Waals surface area contributed by atoms with E-state index >= 15 is 0 Å². The van der Waals surface area contributed by atoms with E-state index in [1.165, 1.54) is 19.3 Å². The van der Waals surface area contributed by atoms with Crippen LogP contribution in [0.2, 0.25) is 0 Å². The van der Waals surface area contributed by atoms with Gasteiger partial charge < -0.3 is 5.32 Å². The van der Waals surface area contributed by atoms with E-state index in [-0.39, 0.29) is 5.92 Å². The number of ketones is 1. The number of rotatable bonds is 4. The van der Waals surface area contributed by atoms with Crippen LogP contribution in [0.3, 0.4) is 0 Å². The Bertz CT molecular complexity index is 189. The molecule has 0 aromatic heterocycles. The summed E-state index contributed by atoms with van der Waals surface area (Å²) in [5.41, 5.74) is 0. The fourth-order valence-corrected chi connectivity index (χ4v) is 2.10. The third kappa shape index (κ3) is 3.41. The fraction of sp³-hybridized carbons (Fsp3) is 0.917. The van der Waals surface area contributed by atoms with Gasteiger partial charge in [0.05, 0.1) is 0 Å². The largest absolute Gasteiger partial charge is 0.314 e. The third-order valence-corrected chi connectivity index (χ3v) is 3.27. The van der Waals surface area contributed by atoms with Gasteiger partial charge in [0, 0.05) is 18.4 Å². The zero-order chi connectivity index (χ0) is 10.6. The molecular weight excluding hydrogens is 174 g/mol. The Morgan fingerprint density at radius 1 is 1.50 bits per heavy atom. The summed E-state index contributed by atoms with van der Waals surface area (Å²) in [5.74, 6) is 1.43. The standard InChI is InChI=1S/C12H23NO/c1-4-10-5-6-13-11(7-10)8-12(14)9(2)3/h9-11,13H,4-8H2,1-3H3. The maximum absolute atomic E-state index is 11.6. The molecule has 0 aromatic carbocycles. The molecular formula is C12H23NO. The van der Waals surface area contributed by atoms with Crippen molar-refractivity contribution in [1.82, 2.24) is 5.32 Å². The number of carbonyl (C=O) groups is 1. The van der Waals surface area contributed by atoms with Crippen molar-refractivity contribution in [3.8, 4) is 0 Å². The van der Waals surface area contributed by atoms with Gasteiger partial charge in [0.1, 0.15) is 5.78 Å². The van der Waals surface area contributed by atoms with E-state index in [9.17, 15) is 4.79 Å². The van der Waals surface area contributed by atoms with Crippen LogP contribution in [-0.2, 0) is 4.79 Å². The predicted octanol–water partition coefficient (Wildman–Crippen LogP) is 2.38. The summed E-state index contributed by atoms with van der Waals surface area (Å²) >= 11 is 0. The molecule has 1 N–H and O–H groups in total. The lowest BCUT2D eigenvalue weighted by Gasteiger charge is -2.29. The molecule has 2 atom stereocenters. The number of hydrogen-bond donors (Lipinski definition) is 1. The molecule has 1 fully saturated rings. The smallest absolute Gasteiger partial charge is 0.136 e. The minimum atomic E-state index is 0.193. The third-order valence-electron chi connectivity index (χ3n) is 3.27. The highest BCUT2D eigenvalue weighted by Crippen LogP contribution is 2.21. The highest BCUT2D eigenvalue weighted by molar-refractivity contribution is 5.80. The predicted molar refractivity (Wildman–Crippen MR) is 59.3 cm³/mol. The van der Waals surface area contributed by atoms with Crippen LogP contribution < -0.4 is 5.32 Å². The van der Waals surface area contributed by atoms with E-state index in [1.54, 1.807) is 0 Å². The van der Waals surface area contributed by atoms with E-state index in [4.69, 9.17) is 0 Å². The topological polar surface area (TPSA) is 29.1 Å². The second-order valence-corrected chi connectivity index (χ2v) is 4.77. The minimum Gasteiger partial charge on any atom is -0.314 e. The number of carbonyl (C=O) groups excluding carboxylic acids is 1. The van der Waals surface area contributed by atoms with Gasteiger partial charge in [0.2, 0.25) is 0 Å². The number of nitrogens with one attached hydrogen (secondary N) is 1. The lowest BCUT2D eigenvalue weighted by atomic mass is 9.87. The highest BCUT2D eigenvalue weighted by Gasteiger charge is 2.22. The van der Waals surface area contributed by atoms with E-state index in [0.717, 1.165) is 18.9 Å². The SMILES string of the molecule is CCC1CCNC(CC(=O)C(C)C)C1. The van der Waals surface area contributed by atoms with Gasteiger partial charge in [-0.05, 0) is 25.3 Å². The van der Waals surface area contributed by atoms with Gasteiger partial charge in [-0.15, -0.1) is 0 Å². The quantitative estimate of drug-likeness (QED) is 0.749. The Hall–Kier alpha value is -0.370. The van der Waals surface area contributed by atoms with Crippen LogP contribution in [-0.4, -0.2) is 18.4 Å². The van der Waals surface area contributed by atoms with Crippen molar-refractivity contribution in [1.29, 1.82) is 0 Å². The fourth-order valence-electron chi connectivity index (χ4n) is 2.10. The van der Waals surface area contributed by atoms with Crippen molar-refractivity contribution in [2.24, 2.45) is 11.8 Å². The van der Waals surface area contributed by atoms with Crippen molar-refractivity contribution in [2.45, 2.75) is 52.5 Å². The second-order valence-electron chi connectivity index (χ2n) is 4.77. The molecule has 1 heterocycles. The molecule has 82 valence electrons. The molecule has 0 saturated carbocycles. The molecule has 2 unspecified atom stereocenters. The highest BCUT2D eigenvalue weighted by atomic mass is 16.1. The summed E-state index contributed by atoms with van der Waals surface area (Å²) in [6.07, 6.45) is 4.46. The summed E-state index contributed by atoms with van der Waals surface area (Å²) in [6.45, 7) is 7.32. The van der Waals surface area contributed by atoms with Crippen molar-refractivity contribution in [3.05, 3.63) is 0 Å². The Kier molecular flexibility index (Phi) is 4.59. The molecule has 0 aromatic rings. The Balaban J connectivity index is 2.34. The van der Waals surface area contributed by atoms with Crippen LogP contribution >= 0.6 is 0 Å². The van der Waals surface area contributed by atoms with Gasteiger partial charge in [-0.1, -0.05) is 27.2 Å². The van der Waals surface area contributed by atoms with Crippen molar-refractivity contribution in [3.63, 3.8) is 0 Å². The number of piperidine rings is 1. The number of Topliss-reactive ketones (excluding diaryl/α,β-unsaturated/α-hetero) is 1. The van der Waals surface area contributed by atoms with Crippen molar-refractivity contribution >= 4 is 5.78 Å². The Labute approximate surface area is 87.5 Å². The van der Waals surface area contributed by atoms with Crippen LogP contribution in [0.15, 0.2) is 0 Å². The average molecular weight is 197 g/mol. The lowest BCUT2D eigenvalue weighted by molar-refractivity contribution is -0.122. The normalized spacial score (nSPS) is 28.0. The summed E-state index contributed by atoms with van der Waals surface area (Å²) in [7, 11) is 0. The van der Waals surface area contributed by atoms with Crippen molar-refractivity contribution in [2.75, 3.05) is 6.54 Å². The molecule has 1 rings (SSSR count). The summed E-state index contributed by atoms with van der Waals surface area (Å²) < 4.78 is 0. The summed E-state index contributed by atoms with van der Waals surface area (Å²) in [5, 5.41) is 3.45. The molecule has 2 heteroatoms. The first-order valence-electron chi connectivity index (χ1n) is 5.89. The first-order valence-corrected chi connectivity index (χ1v) is 5.89. The van der Waals surface area contributed by atoms with Crippen LogP contribution in [0.1, 0.15) is 46.5 Å². The van der Waals surface area contributed by atoms with E-state index in [0.29, 0.717) is 11.8 Å². The van der Waals surface area contributed by atoms with E-state index in [1.807, 2.05) is 13.8 Å². The van der Waals surface area contributed by atoms with E-state index in [2.05, 4.69) is 12.2 Å². The van der Waals surface area contributed by atoms with Gasteiger partial charge in [0.15, 0.2) is 0 Å². The van der Waals surface area contributed by atoms with Crippen LogP contribution in [0.4, 0.5) is 0 Å². The zero-order valence-corrected chi connectivity index (χ0v) is 9.68. The molecule has 0 bridgehead atoms. The maximum atomic E-state index is 11.6. The summed E-state index contributed by atoms with van der Waals surface area (Å²) in [4.78, 5) is 11.6. The second kappa shape index (κ2) is 5.50. The van der Waals surface area contributed by atoms with Gasteiger partial charge in [0.25, 0.3) is 0 Å². The molecule has 0 amide bonds. The molecule has 0 spiro atoms. The van der Waals surface area contributed by atoms with Crippen LogP contribution in [0.25, 0.3) is 0 Å². The van der Waals surface area contributed by atoms with Gasteiger partial charge in [-0.25, -0.2) is 0 Å². The average Bonchev–Trinajstić information content (AvgIpc) is 2.18. The van der Waals surface area contributed by atoms with Gasteiger partial charge in [-0.2, -0.15) is 0 Å². The zero-order valence-electron chi connectivity index (χ0n) is 9.68. The van der Waals surface area contributed by atoms with Crippen molar-refractivity contribution < 1.29 is 4.79 Å². The molecule has 0 radical (unpaired) electrons. The molecule has 1 aliphatic heterocycles. The summed E-state index contributed by atoms with van der Waals surface area (Å²) in [6, 6.07) is 0.448. The first kappa shape index (κ1) is 11.7. The Morgan fingerprint density at radius 3 is 2.79 bits per heavy atom. The molecule has 1 saturated heterocycles. The van der Waals surface area contributed by atoms with E-state index < -0.39 is 0 Å². The number of hydrogen-bond acceptors (Lipinski definition) is 2. The van der Waals surface area contributed by atoms with Gasteiger partial charge in [-0.3, -0.25) is 4.79 Å². The lowest BCUT2D eigenvalue weighted by Crippen LogP contribution is -2.39. The molecule has 2 nitrogen and oxygen atoms in total. The molecule has 0 aliphatic carbocycles. The molecule has 14 heavy (non-hydrogen) atoms. The molecule has 1 aliphatic rings. The maximum Gasteiger partial charge on any atom is 0.136 e. The monoisotopic (exact) mass is 197 g/mol. The van der Waals surface area contributed by atoms with Crippen LogP contribution in [0.5, 0.6) is 0 Å². The Morgan fingerprint density at radius 2 is 2.21 bits per heavy atom. The minimum absolute atomic E-state index is 0.193. The van der Waals surface area contributed by atoms with Crippen LogP contribution in [0, 0.1) is 11.8 Å². The first-order chi connectivity index (χ1) is 6.63. The van der Waals surface area contributed by atoms with Gasteiger partial charge >= 0.3 is 0 Å².